The average molecular weight is 330 g/mol. The number of hydrogen-bond acceptors (Lipinski definition) is 6. The van der Waals surface area contributed by atoms with Crippen molar-refractivity contribution >= 4 is 11.7 Å². The number of benzene rings is 1. The summed E-state index contributed by atoms with van der Waals surface area (Å²) in [6, 6.07) is 9.95. The second-order valence-electron chi connectivity index (χ2n) is 5.73. The molecule has 1 saturated heterocycles. The van der Waals surface area contributed by atoms with Crippen LogP contribution in [0.3, 0.4) is 0 Å². The van der Waals surface area contributed by atoms with E-state index in [0.29, 0.717) is 12.3 Å². The summed E-state index contributed by atoms with van der Waals surface area (Å²) >= 11 is 0. The molecule has 3 rings (SSSR count). The topological polar surface area (TPSA) is 55.2 Å². The molecule has 0 aliphatic carbocycles. The Balaban J connectivity index is 1.59. The molecular formula is C18H22N2O4. The van der Waals surface area contributed by atoms with Gasteiger partial charge >= 0.3 is 5.97 Å². The van der Waals surface area contributed by atoms with Gasteiger partial charge in [0.1, 0.15) is 5.75 Å². The molecule has 1 aromatic heterocycles. The molecule has 1 aliphatic heterocycles. The molecule has 0 spiro atoms. The SMILES string of the molecule is COC(=O)c1occc1CN1CCN(c2cccc(OC)c2)CC1. The molecule has 2 aromatic rings. The van der Waals surface area contributed by atoms with Crippen LogP contribution < -0.4 is 9.64 Å². The fraction of sp³-hybridized carbons (Fsp3) is 0.389. The van der Waals surface area contributed by atoms with Gasteiger partial charge < -0.3 is 18.8 Å². The van der Waals surface area contributed by atoms with Gasteiger partial charge in [0.05, 0.1) is 20.5 Å². The molecule has 2 heterocycles. The highest BCUT2D eigenvalue weighted by atomic mass is 16.5. The first-order valence-electron chi connectivity index (χ1n) is 7.97. The zero-order chi connectivity index (χ0) is 16.9. The van der Waals surface area contributed by atoms with Crippen LogP contribution in [0.4, 0.5) is 5.69 Å². The zero-order valence-electron chi connectivity index (χ0n) is 14.0. The molecule has 0 unspecified atom stereocenters. The number of anilines is 1. The normalized spacial score (nSPS) is 15.3. The molecule has 6 nitrogen and oxygen atoms in total. The van der Waals surface area contributed by atoms with Crippen molar-refractivity contribution in [2.24, 2.45) is 0 Å². The largest absolute Gasteiger partial charge is 0.497 e. The third kappa shape index (κ3) is 3.54. The predicted octanol–water partition coefficient (Wildman–Crippen LogP) is 2.40. The lowest BCUT2D eigenvalue weighted by Gasteiger charge is -2.36. The summed E-state index contributed by atoms with van der Waals surface area (Å²) in [5, 5.41) is 0. The number of hydrogen-bond donors (Lipinski definition) is 0. The monoisotopic (exact) mass is 330 g/mol. The van der Waals surface area contributed by atoms with Crippen molar-refractivity contribution in [2.75, 3.05) is 45.3 Å². The Kier molecular flexibility index (Phi) is 5.05. The van der Waals surface area contributed by atoms with Gasteiger partial charge in [-0.2, -0.15) is 0 Å². The molecule has 1 aliphatic rings. The van der Waals surface area contributed by atoms with Crippen molar-refractivity contribution in [1.29, 1.82) is 0 Å². The van der Waals surface area contributed by atoms with E-state index in [1.807, 2.05) is 18.2 Å². The summed E-state index contributed by atoms with van der Waals surface area (Å²) in [5.41, 5.74) is 2.05. The van der Waals surface area contributed by atoms with E-state index in [0.717, 1.165) is 37.5 Å². The first kappa shape index (κ1) is 16.4. The Morgan fingerprint density at radius 2 is 1.96 bits per heavy atom. The standard InChI is InChI=1S/C18H22N2O4/c1-22-16-5-3-4-15(12-16)20-9-7-19(8-10-20)13-14-6-11-24-17(14)18(21)23-2/h3-6,11-12H,7-10,13H2,1-2H3. The molecule has 0 amide bonds. The van der Waals surface area contributed by atoms with E-state index in [9.17, 15) is 4.79 Å². The maximum absolute atomic E-state index is 11.7. The number of rotatable bonds is 5. The molecular weight excluding hydrogens is 308 g/mol. The fourth-order valence-electron chi connectivity index (χ4n) is 2.94. The number of piperazine rings is 1. The second kappa shape index (κ2) is 7.40. The predicted molar refractivity (Wildman–Crippen MR) is 90.5 cm³/mol. The van der Waals surface area contributed by atoms with E-state index >= 15 is 0 Å². The summed E-state index contributed by atoms with van der Waals surface area (Å²) in [5.74, 6) is 0.744. The summed E-state index contributed by atoms with van der Waals surface area (Å²) < 4.78 is 15.3. The third-order valence-corrected chi connectivity index (χ3v) is 4.30. The third-order valence-electron chi connectivity index (χ3n) is 4.30. The Morgan fingerprint density at radius 3 is 2.67 bits per heavy atom. The Labute approximate surface area is 141 Å². The average Bonchev–Trinajstić information content (AvgIpc) is 3.10. The number of ether oxygens (including phenoxy) is 2. The van der Waals surface area contributed by atoms with Gasteiger partial charge in [0, 0.05) is 50.0 Å². The maximum atomic E-state index is 11.7. The number of nitrogens with zero attached hydrogens (tertiary/aromatic N) is 2. The highest BCUT2D eigenvalue weighted by Gasteiger charge is 2.22. The molecule has 0 atom stereocenters. The highest BCUT2D eigenvalue weighted by Crippen LogP contribution is 2.23. The number of esters is 1. The van der Waals surface area contributed by atoms with Crippen molar-refractivity contribution in [1.82, 2.24) is 4.90 Å². The van der Waals surface area contributed by atoms with E-state index in [-0.39, 0.29) is 0 Å². The minimum atomic E-state index is -0.426. The van der Waals surface area contributed by atoms with Crippen molar-refractivity contribution in [2.45, 2.75) is 6.54 Å². The zero-order valence-corrected chi connectivity index (χ0v) is 14.0. The van der Waals surface area contributed by atoms with Crippen molar-refractivity contribution in [3.63, 3.8) is 0 Å². The van der Waals surface area contributed by atoms with Gasteiger partial charge in [-0.15, -0.1) is 0 Å². The van der Waals surface area contributed by atoms with Crippen LogP contribution in [0, 0.1) is 0 Å². The molecule has 6 heteroatoms. The maximum Gasteiger partial charge on any atom is 0.374 e. The molecule has 128 valence electrons. The molecule has 0 saturated carbocycles. The summed E-state index contributed by atoms with van der Waals surface area (Å²) in [4.78, 5) is 16.3. The first-order chi connectivity index (χ1) is 11.7. The number of methoxy groups -OCH3 is 2. The lowest BCUT2D eigenvalue weighted by atomic mass is 10.2. The van der Waals surface area contributed by atoms with E-state index < -0.39 is 5.97 Å². The van der Waals surface area contributed by atoms with E-state index in [2.05, 4.69) is 21.9 Å². The summed E-state index contributed by atoms with van der Waals surface area (Å²) in [6.07, 6.45) is 1.54. The van der Waals surface area contributed by atoms with E-state index in [4.69, 9.17) is 13.9 Å². The van der Waals surface area contributed by atoms with Gasteiger partial charge in [-0.1, -0.05) is 6.07 Å². The van der Waals surface area contributed by atoms with Crippen LogP contribution in [-0.2, 0) is 11.3 Å². The molecule has 1 aromatic carbocycles. The Hall–Kier alpha value is -2.47. The minimum absolute atomic E-state index is 0.299. The van der Waals surface area contributed by atoms with Gasteiger partial charge in [0.25, 0.3) is 0 Å². The smallest absolute Gasteiger partial charge is 0.374 e. The van der Waals surface area contributed by atoms with Gasteiger partial charge in [-0.3, -0.25) is 4.90 Å². The molecule has 1 fully saturated rings. The second-order valence-corrected chi connectivity index (χ2v) is 5.73. The fourth-order valence-corrected chi connectivity index (χ4v) is 2.94. The summed E-state index contributed by atoms with van der Waals surface area (Å²) in [7, 11) is 3.04. The van der Waals surface area contributed by atoms with Gasteiger partial charge in [-0.25, -0.2) is 4.79 Å². The van der Waals surface area contributed by atoms with Crippen LogP contribution in [-0.4, -0.2) is 51.3 Å². The Bertz CT molecular complexity index is 690. The van der Waals surface area contributed by atoms with Gasteiger partial charge in [0.2, 0.25) is 5.76 Å². The molecule has 0 radical (unpaired) electrons. The number of carbonyl (C=O) groups is 1. The summed E-state index contributed by atoms with van der Waals surface area (Å²) in [6.45, 7) is 4.38. The van der Waals surface area contributed by atoms with Gasteiger partial charge in [0.15, 0.2) is 0 Å². The van der Waals surface area contributed by atoms with Gasteiger partial charge in [-0.05, 0) is 18.2 Å². The van der Waals surface area contributed by atoms with E-state index in [1.54, 1.807) is 7.11 Å². The van der Waals surface area contributed by atoms with Crippen molar-refractivity contribution < 1.29 is 18.7 Å². The van der Waals surface area contributed by atoms with Crippen LogP contribution >= 0.6 is 0 Å². The number of furan rings is 1. The van der Waals surface area contributed by atoms with E-state index in [1.165, 1.54) is 19.1 Å². The van der Waals surface area contributed by atoms with Crippen molar-refractivity contribution in [3.05, 3.63) is 47.9 Å². The lowest BCUT2D eigenvalue weighted by molar-refractivity contribution is 0.0561. The highest BCUT2D eigenvalue weighted by molar-refractivity contribution is 5.87. The molecule has 0 N–H and O–H groups in total. The Morgan fingerprint density at radius 1 is 1.17 bits per heavy atom. The number of carbonyl (C=O) groups excluding carboxylic acids is 1. The van der Waals surface area contributed by atoms with Crippen LogP contribution in [0.5, 0.6) is 5.75 Å². The lowest BCUT2D eigenvalue weighted by Crippen LogP contribution is -2.46. The first-order valence-corrected chi connectivity index (χ1v) is 7.97. The van der Waals surface area contributed by atoms with Crippen LogP contribution in [0.15, 0.2) is 41.0 Å². The van der Waals surface area contributed by atoms with Crippen LogP contribution in [0.2, 0.25) is 0 Å². The quantitative estimate of drug-likeness (QED) is 0.785. The van der Waals surface area contributed by atoms with Crippen molar-refractivity contribution in [3.8, 4) is 5.75 Å². The van der Waals surface area contributed by atoms with Crippen LogP contribution in [0.1, 0.15) is 16.1 Å². The van der Waals surface area contributed by atoms with Crippen LogP contribution in [0.25, 0.3) is 0 Å². The minimum Gasteiger partial charge on any atom is -0.497 e. The molecule has 24 heavy (non-hydrogen) atoms. The molecule has 0 bridgehead atoms.